The molecule has 0 atom stereocenters. The van der Waals surface area contributed by atoms with Crippen LogP contribution < -0.4 is 0 Å². The topological polar surface area (TPSA) is 12.9 Å². The molecular weight excluding hydrogens is 338 g/mol. The van der Waals surface area contributed by atoms with Gasteiger partial charge in [-0.3, -0.25) is 4.98 Å². The summed E-state index contributed by atoms with van der Waals surface area (Å²) in [5, 5.41) is 0. The van der Waals surface area contributed by atoms with Crippen LogP contribution in [0.1, 0.15) is 49.9 Å². The predicted molar refractivity (Wildman–Crippen MR) is 125 cm³/mol. The van der Waals surface area contributed by atoms with Gasteiger partial charge in [-0.15, -0.1) is 0 Å². The lowest BCUT2D eigenvalue weighted by Gasteiger charge is -2.20. The maximum absolute atomic E-state index is 4.65. The number of nitrogens with zero attached hydrogens (tertiary/aromatic N) is 1. The van der Waals surface area contributed by atoms with E-state index in [2.05, 4.69) is 83.3 Å². The third-order valence-corrected chi connectivity index (χ3v) is 4.88. The van der Waals surface area contributed by atoms with Gasteiger partial charge in [0.15, 0.2) is 0 Å². The standard InChI is InChI=1S/C27H31N/c1-9-19(4)12-13-20(5)24-18-25(22(11-3)16-21(24)10-2)26-17-23(14-15-28-26)27(6,7)8/h9,11-18H,1,3-5,10H2,2,6-8H3/b13-12-. The van der Waals surface area contributed by atoms with Crippen LogP contribution in [0.3, 0.4) is 0 Å². The number of rotatable bonds is 7. The Balaban J connectivity index is 2.64. The van der Waals surface area contributed by atoms with Gasteiger partial charge in [0.1, 0.15) is 0 Å². The largest absolute Gasteiger partial charge is 0.256 e. The number of aryl methyl sites for hydroxylation is 1. The lowest BCUT2D eigenvalue weighted by atomic mass is 9.86. The molecule has 144 valence electrons. The van der Waals surface area contributed by atoms with E-state index in [1.54, 1.807) is 6.08 Å². The highest BCUT2D eigenvalue weighted by atomic mass is 14.7. The van der Waals surface area contributed by atoms with Gasteiger partial charge >= 0.3 is 0 Å². The van der Waals surface area contributed by atoms with Crippen LogP contribution in [0.15, 0.2) is 80.6 Å². The fourth-order valence-corrected chi connectivity index (χ4v) is 3.06. The van der Waals surface area contributed by atoms with Gasteiger partial charge < -0.3 is 0 Å². The maximum atomic E-state index is 4.65. The van der Waals surface area contributed by atoms with Crippen molar-refractivity contribution in [1.82, 2.24) is 4.98 Å². The lowest BCUT2D eigenvalue weighted by Crippen LogP contribution is -2.11. The van der Waals surface area contributed by atoms with Crippen LogP contribution in [-0.2, 0) is 11.8 Å². The lowest BCUT2D eigenvalue weighted by molar-refractivity contribution is 0.589. The predicted octanol–water partition coefficient (Wildman–Crippen LogP) is 7.56. The average Bonchev–Trinajstić information content (AvgIpc) is 2.69. The summed E-state index contributed by atoms with van der Waals surface area (Å²) in [5.74, 6) is 0. The van der Waals surface area contributed by atoms with Crippen LogP contribution in [0, 0.1) is 0 Å². The molecule has 0 aliphatic carbocycles. The van der Waals surface area contributed by atoms with Crippen molar-refractivity contribution in [3.8, 4) is 11.3 Å². The number of allylic oxidation sites excluding steroid dienone is 5. The molecule has 1 nitrogen and oxygen atoms in total. The van der Waals surface area contributed by atoms with E-state index in [9.17, 15) is 0 Å². The molecule has 0 unspecified atom stereocenters. The molecule has 0 bridgehead atoms. The number of aromatic nitrogens is 1. The molecule has 1 heterocycles. The molecule has 1 aromatic heterocycles. The summed E-state index contributed by atoms with van der Waals surface area (Å²) in [6, 6.07) is 8.65. The number of hydrogen-bond donors (Lipinski definition) is 0. The molecule has 0 fully saturated rings. The van der Waals surface area contributed by atoms with Gasteiger partial charge in [0, 0.05) is 11.8 Å². The molecule has 28 heavy (non-hydrogen) atoms. The minimum atomic E-state index is 0.0651. The van der Waals surface area contributed by atoms with E-state index in [1.165, 1.54) is 11.1 Å². The SMILES string of the molecule is C=CC(=C)/C=C\C(=C)c1cc(-c2cc(C(C)(C)C)ccn2)c(C=C)cc1CC. The molecule has 0 amide bonds. The van der Waals surface area contributed by atoms with Crippen molar-refractivity contribution in [1.29, 1.82) is 0 Å². The van der Waals surface area contributed by atoms with Gasteiger partial charge in [-0.25, -0.2) is 0 Å². The molecule has 2 rings (SSSR count). The molecule has 2 aromatic rings. The molecule has 0 saturated heterocycles. The normalized spacial score (nSPS) is 11.4. The average molecular weight is 370 g/mol. The van der Waals surface area contributed by atoms with E-state index in [-0.39, 0.29) is 5.41 Å². The first-order valence-electron chi connectivity index (χ1n) is 9.66. The van der Waals surface area contributed by atoms with Gasteiger partial charge in [-0.1, -0.05) is 84.4 Å². The Kier molecular flexibility index (Phi) is 6.75. The first kappa shape index (κ1) is 21.4. The second-order valence-electron chi connectivity index (χ2n) is 7.97. The van der Waals surface area contributed by atoms with Crippen LogP contribution in [0.5, 0.6) is 0 Å². The Morgan fingerprint density at radius 3 is 2.36 bits per heavy atom. The summed E-state index contributed by atoms with van der Waals surface area (Å²) in [6.07, 6.45) is 10.4. The van der Waals surface area contributed by atoms with Gasteiger partial charge in [-0.2, -0.15) is 0 Å². The highest BCUT2D eigenvalue weighted by Crippen LogP contribution is 2.33. The summed E-state index contributed by atoms with van der Waals surface area (Å²) in [5.41, 5.74) is 8.62. The van der Waals surface area contributed by atoms with E-state index in [1.807, 2.05) is 24.4 Å². The van der Waals surface area contributed by atoms with Crippen LogP contribution in [0.2, 0.25) is 0 Å². The van der Waals surface area contributed by atoms with Crippen LogP contribution >= 0.6 is 0 Å². The van der Waals surface area contributed by atoms with Crippen molar-refractivity contribution in [2.75, 3.05) is 0 Å². The second kappa shape index (κ2) is 8.84. The van der Waals surface area contributed by atoms with E-state index in [0.717, 1.165) is 40.0 Å². The summed E-state index contributed by atoms with van der Waals surface area (Å²) in [4.78, 5) is 4.65. The van der Waals surface area contributed by atoms with E-state index in [4.69, 9.17) is 0 Å². The summed E-state index contributed by atoms with van der Waals surface area (Å²) >= 11 is 0. The highest BCUT2D eigenvalue weighted by molar-refractivity contribution is 5.82. The quantitative estimate of drug-likeness (QED) is 0.459. The molecule has 0 radical (unpaired) electrons. The molecule has 1 aromatic carbocycles. The van der Waals surface area contributed by atoms with Crippen molar-refractivity contribution >= 4 is 11.6 Å². The molecule has 1 heteroatoms. The van der Waals surface area contributed by atoms with Crippen LogP contribution in [-0.4, -0.2) is 4.98 Å². The molecule has 0 aliphatic heterocycles. The summed E-state index contributed by atoms with van der Waals surface area (Å²) in [6.45, 7) is 24.8. The Morgan fingerprint density at radius 1 is 1.07 bits per heavy atom. The number of benzene rings is 1. The van der Waals surface area contributed by atoms with E-state index in [0.29, 0.717) is 0 Å². The first-order chi connectivity index (χ1) is 13.2. The third-order valence-electron chi connectivity index (χ3n) is 4.88. The zero-order valence-electron chi connectivity index (χ0n) is 17.7. The van der Waals surface area contributed by atoms with E-state index < -0.39 is 0 Å². The van der Waals surface area contributed by atoms with Gasteiger partial charge in [0.2, 0.25) is 0 Å². The fourth-order valence-electron chi connectivity index (χ4n) is 3.06. The third kappa shape index (κ3) is 4.86. The highest BCUT2D eigenvalue weighted by Gasteiger charge is 2.16. The van der Waals surface area contributed by atoms with Gasteiger partial charge in [0.05, 0.1) is 5.69 Å². The molecular formula is C27H31N. The zero-order valence-corrected chi connectivity index (χ0v) is 17.7. The molecule has 0 aliphatic rings. The molecule has 0 N–H and O–H groups in total. The Bertz CT molecular complexity index is 949. The van der Waals surface area contributed by atoms with Gasteiger partial charge in [-0.05, 0) is 63.4 Å². The van der Waals surface area contributed by atoms with Crippen molar-refractivity contribution in [2.45, 2.75) is 39.5 Å². The fraction of sp³-hybridized carbons (Fsp3) is 0.222. The second-order valence-corrected chi connectivity index (χ2v) is 7.97. The van der Waals surface area contributed by atoms with Gasteiger partial charge in [0.25, 0.3) is 0 Å². The van der Waals surface area contributed by atoms with E-state index >= 15 is 0 Å². The Labute approximate surface area is 170 Å². The Hall–Kier alpha value is -2.93. The monoisotopic (exact) mass is 369 g/mol. The van der Waals surface area contributed by atoms with Crippen LogP contribution in [0.4, 0.5) is 0 Å². The van der Waals surface area contributed by atoms with Crippen molar-refractivity contribution < 1.29 is 0 Å². The molecule has 0 spiro atoms. The van der Waals surface area contributed by atoms with Crippen molar-refractivity contribution in [2.24, 2.45) is 0 Å². The minimum absolute atomic E-state index is 0.0651. The van der Waals surface area contributed by atoms with Crippen LogP contribution in [0.25, 0.3) is 22.9 Å². The first-order valence-corrected chi connectivity index (χ1v) is 9.66. The number of hydrogen-bond acceptors (Lipinski definition) is 1. The maximum Gasteiger partial charge on any atom is 0.0711 e. The van der Waals surface area contributed by atoms with Crippen molar-refractivity contribution in [3.05, 3.63) is 103 Å². The summed E-state index contributed by atoms with van der Waals surface area (Å²) < 4.78 is 0. The smallest absolute Gasteiger partial charge is 0.0711 e. The summed E-state index contributed by atoms with van der Waals surface area (Å²) in [7, 11) is 0. The Morgan fingerprint density at radius 2 is 1.79 bits per heavy atom. The molecule has 0 saturated carbocycles. The zero-order chi connectivity index (χ0) is 20.9. The van der Waals surface area contributed by atoms with Crippen molar-refractivity contribution in [3.63, 3.8) is 0 Å². The number of pyridine rings is 1. The minimum Gasteiger partial charge on any atom is -0.256 e.